The number of hydrogen-bond donors (Lipinski definition) is 1. The van der Waals surface area contributed by atoms with E-state index in [4.69, 9.17) is 23.8 Å². The molecule has 2 aromatic rings. The summed E-state index contributed by atoms with van der Waals surface area (Å²) in [7, 11) is 0. The summed E-state index contributed by atoms with van der Waals surface area (Å²) in [5.41, 5.74) is 2.14. The van der Waals surface area contributed by atoms with Crippen molar-refractivity contribution in [2.75, 3.05) is 0 Å². The van der Waals surface area contributed by atoms with Crippen LogP contribution >= 0.6 is 23.8 Å². The van der Waals surface area contributed by atoms with Crippen molar-refractivity contribution in [2.45, 2.75) is 26.8 Å². The predicted molar refractivity (Wildman–Crippen MR) is 73.0 cm³/mol. The summed E-state index contributed by atoms with van der Waals surface area (Å²) in [6, 6.07) is 6.04. The van der Waals surface area contributed by atoms with E-state index in [1.165, 1.54) is 0 Å². The van der Waals surface area contributed by atoms with Crippen molar-refractivity contribution in [1.82, 2.24) is 14.8 Å². The first-order chi connectivity index (χ1) is 8.00. The van der Waals surface area contributed by atoms with Crippen LogP contribution in [0.15, 0.2) is 18.2 Å². The van der Waals surface area contributed by atoms with E-state index < -0.39 is 0 Å². The molecule has 0 amide bonds. The largest absolute Gasteiger partial charge is 0.298 e. The summed E-state index contributed by atoms with van der Waals surface area (Å²) in [6.07, 6.45) is 0. The summed E-state index contributed by atoms with van der Waals surface area (Å²) in [4.78, 5) is 0. The molecule has 5 heteroatoms. The number of hydrogen-bond acceptors (Lipinski definition) is 2. The van der Waals surface area contributed by atoms with E-state index in [1.54, 1.807) is 0 Å². The summed E-state index contributed by atoms with van der Waals surface area (Å²) in [6.45, 7) is 6.19. The molecule has 0 radical (unpaired) electrons. The number of benzene rings is 1. The predicted octanol–water partition coefficient (Wildman–Crippen LogP) is 4.15. The van der Waals surface area contributed by atoms with Crippen LogP contribution in [-0.2, 0) is 0 Å². The number of aromatic nitrogens is 3. The Balaban J connectivity index is 2.69. The van der Waals surface area contributed by atoms with Gasteiger partial charge in [-0.05, 0) is 50.7 Å². The molecular formula is C12H14ClN3S. The third-order valence-electron chi connectivity index (χ3n) is 2.66. The smallest absolute Gasteiger partial charge is 0.195 e. The molecule has 0 saturated heterocycles. The molecule has 1 aromatic heterocycles. The fourth-order valence-corrected chi connectivity index (χ4v) is 2.32. The van der Waals surface area contributed by atoms with E-state index in [-0.39, 0.29) is 6.04 Å². The summed E-state index contributed by atoms with van der Waals surface area (Å²) in [5, 5.41) is 7.84. The molecule has 1 heterocycles. The molecule has 0 atom stereocenters. The highest BCUT2D eigenvalue weighted by atomic mass is 35.5. The average Bonchev–Trinajstić information content (AvgIpc) is 2.64. The van der Waals surface area contributed by atoms with Gasteiger partial charge in [0.15, 0.2) is 10.6 Å². The van der Waals surface area contributed by atoms with Crippen LogP contribution in [0.25, 0.3) is 11.4 Å². The monoisotopic (exact) mass is 267 g/mol. The van der Waals surface area contributed by atoms with Gasteiger partial charge in [-0.2, -0.15) is 5.10 Å². The Hall–Kier alpha value is -1.13. The highest BCUT2D eigenvalue weighted by Gasteiger charge is 2.13. The maximum atomic E-state index is 6.03. The number of nitrogens with one attached hydrogen (secondary N) is 1. The van der Waals surface area contributed by atoms with Crippen molar-refractivity contribution in [3.8, 4) is 11.4 Å². The fraction of sp³-hybridized carbons (Fsp3) is 0.333. The molecule has 90 valence electrons. The number of aromatic amines is 1. The van der Waals surface area contributed by atoms with Gasteiger partial charge in [0.05, 0.1) is 0 Å². The number of H-pyrrole nitrogens is 1. The summed E-state index contributed by atoms with van der Waals surface area (Å²) in [5.74, 6) is 0.838. The van der Waals surface area contributed by atoms with Gasteiger partial charge in [-0.25, -0.2) is 0 Å². The van der Waals surface area contributed by atoms with Gasteiger partial charge in [0.1, 0.15) is 0 Å². The van der Waals surface area contributed by atoms with Gasteiger partial charge in [0, 0.05) is 16.6 Å². The third-order valence-corrected chi connectivity index (χ3v) is 3.18. The van der Waals surface area contributed by atoms with E-state index in [2.05, 4.69) is 24.0 Å². The molecule has 0 unspecified atom stereocenters. The Morgan fingerprint density at radius 1 is 1.41 bits per heavy atom. The van der Waals surface area contributed by atoms with Crippen LogP contribution in [0.4, 0.5) is 0 Å². The normalized spacial score (nSPS) is 11.1. The lowest BCUT2D eigenvalue weighted by Crippen LogP contribution is -2.04. The zero-order chi connectivity index (χ0) is 12.6. The van der Waals surface area contributed by atoms with E-state index >= 15 is 0 Å². The van der Waals surface area contributed by atoms with E-state index in [9.17, 15) is 0 Å². The van der Waals surface area contributed by atoms with Gasteiger partial charge in [-0.3, -0.25) is 9.67 Å². The number of halogens is 1. The lowest BCUT2D eigenvalue weighted by Gasteiger charge is -2.12. The Bertz CT molecular complexity index is 598. The van der Waals surface area contributed by atoms with Crippen molar-refractivity contribution in [3.05, 3.63) is 33.6 Å². The Morgan fingerprint density at radius 2 is 2.12 bits per heavy atom. The lowest BCUT2D eigenvalue weighted by molar-refractivity contribution is 0.597. The van der Waals surface area contributed by atoms with Crippen molar-refractivity contribution < 1.29 is 0 Å². The van der Waals surface area contributed by atoms with Crippen LogP contribution < -0.4 is 0 Å². The number of nitrogens with zero attached hydrogens (tertiary/aromatic N) is 2. The molecule has 2 rings (SSSR count). The van der Waals surface area contributed by atoms with Gasteiger partial charge in [0.2, 0.25) is 0 Å². The second-order valence-corrected chi connectivity index (χ2v) is 5.10. The summed E-state index contributed by atoms with van der Waals surface area (Å²) < 4.78 is 2.63. The van der Waals surface area contributed by atoms with Crippen LogP contribution in [-0.4, -0.2) is 14.8 Å². The SMILES string of the molecule is Cc1ccc(Cl)cc1-c1n[nH]c(=S)n1C(C)C. The van der Waals surface area contributed by atoms with Crippen LogP contribution in [0.3, 0.4) is 0 Å². The minimum Gasteiger partial charge on any atom is -0.298 e. The molecule has 0 aliphatic rings. The van der Waals surface area contributed by atoms with Gasteiger partial charge in [0.25, 0.3) is 0 Å². The van der Waals surface area contributed by atoms with Gasteiger partial charge in [-0.1, -0.05) is 17.7 Å². The molecule has 0 aliphatic carbocycles. The van der Waals surface area contributed by atoms with Crippen LogP contribution in [0.5, 0.6) is 0 Å². The van der Waals surface area contributed by atoms with Gasteiger partial charge < -0.3 is 0 Å². The highest BCUT2D eigenvalue weighted by Crippen LogP contribution is 2.27. The minimum atomic E-state index is 0.259. The average molecular weight is 268 g/mol. The lowest BCUT2D eigenvalue weighted by atomic mass is 10.1. The van der Waals surface area contributed by atoms with E-state index in [1.807, 2.05) is 29.7 Å². The first kappa shape index (κ1) is 12.3. The van der Waals surface area contributed by atoms with Crippen molar-refractivity contribution in [1.29, 1.82) is 0 Å². The van der Waals surface area contributed by atoms with Gasteiger partial charge >= 0.3 is 0 Å². The zero-order valence-electron chi connectivity index (χ0n) is 9.99. The standard InChI is InChI=1S/C12H14ClN3S/c1-7(2)16-11(14-15-12(16)17)10-6-9(13)5-4-8(10)3/h4-7H,1-3H3,(H,15,17). The molecule has 0 bridgehead atoms. The van der Waals surface area contributed by atoms with Crippen LogP contribution in [0.2, 0.25) is 5.02 Å². The molecule has 0 aliphatic heterocycles. The van der Waals surface area contributed by atoms with E-state index in [0.717, 1.165) is 17.0 Å². The fourth-order valence-electron chi connectivity index (χ4n) is 1.81. The van der Waals surface area contributed by atoms with E-state index in [0.29, 0.717) is 9.79 Å². The first-order valence-corrected chi connectivity index (χ1v) is 6.22. The highest BCUT2D eigenvalue weighted by molar-refractivity contribution is 7.71. The maximum absolute atomic E-state index is 6.03. The minimum absolute atomic E-state index is 0.259. The molecule has 0 saturated carbocycles. The molecule has 0 spiro atoms. The molecule has 1 N–H and O–H groups in total. The molecular weight excluding hydrogens is 254 g/mol. The van der Waals surface area contributed by atoms with Crippen molar-refractivity contribution >= 4 is 23.8 Å². The molecule has 1 aromatic carbocycles. The second kappa shape index (κ2) is 4.63. The van der Waals surface area contributed by atoms with Gasteiger partial charge in [-0.15, -0.1) is 0 Å². The van der Waals surface area contributed by atoms with Crippen LogP contribution in [0.1, 0.15) is 25.5 Å². The quantitative estimate of drug-likeness (QED) is 0.830. The first-order valence-electron chi connectivity index (χ1n) is 5.44. The molecule has 0 fully saturated rings. The van der Waals surface area contributed by atoms with Crippen molar-refractivity contribution in [3.63, 3.8) is 0 Å². The molecule has 3 nitrogen and oxygen atoms in total. The third kappa shape index (κ3) is 2.28. The number of rotatable bonds is 2. The zero-order valence-corrected chi connectivity index (χ0v) is 11.6. The van der Waals surface area contributed by atoms with Crippen molar-refractivity contribution in [2.24, 2.45) is 0 Å². The van der Waals surface area contributed by atoms with Crippen LogP contribution in [0, 0.1) is 11.7 Å². The second-order valence-electron chi connectivity index (χ2n) is 4.28. The Kier molecular flexibility index (Phi) is 3.35. The number of aryl methyl sites for hydroxylation is 1. The molecule has 17 heavy (non-hydrogen) atoms. The maximum Gasteiger partial charge on any atom is 0.195 e. The Labute approximate surface area is 110 Å². The Morgan fingerprint density at radius 3 is 2.76 bits per heavy atom. The summed E-state index contributed by atoms with van der Waals surface area (Å²) >= 11 is 11.3. The topological polar surface area (TPSA) is 33.6 Å².